The van der Waals surface area contributed by atoms with Gasteiger partial charge < -0.3 is 28.8 Å². The predicted octanol–water partition coefficient (Wildman–Crippen LogP) is 6.52. The number of hydrogen-bond acceptors (Lipinski definition) is 8. The summed E-state index contributed by atoms with van der Waals surface area (Å²) in [6.07, 6.45) is 12.8. The first-order valence-corrected chi connectivity index (χ1v) is 17.2. The standard InChI is InChI=1S/C37H54O8/c1-8-10-31(38)43-33-26(7)18-30-35(39)42-29-19-28(44-36(20-29)16-15-25(6)32(45-36)22(2)3)14-13-24(5)17-23(4)11-9-12-27-21-41-34(33)37(27,30)40/h9,11-13,18,22-23,25,28-30,32-34,40H,8,10,14-17,19-21H2,1-7H3/b11-9+,24-13+,27-12+/t23-,25-,28+,29-,30-,32+,33+,34+,36+,37+/m0/s1. The van der Waals surface area contributed by atoms with E-state index < -0.39 is 41.6 Å². The average molecular weight is 627 g/mol. The van der Waals surface area contributed by atoms with Crippen molar-refractivity contribution in [1.82, 2.24) is 0 Å². The maximum atomic E-state index is 14.2. The Bertz CT molecular complexity index is 1230. The third-order valence-electron chi connectivity index (χ3n) is 10.3. The van der Waals surface area contributed by atoms with Crippen LogP contribution in [0, 0.1) is 23.7 Å². The van der Waals surface area contributed by atoms with Crippen molar-refractivity contribution in [3.8, 4) is 0 Å². The molecular formula is C37H54O8. The Hall–Kier alpha value is -2.26. The molecule has 4 aliphatic heterocycles. The van der Waals surface area contributed by atoms with Gasteiger partial charge in [-0.25, -0.2) is 0 Å². The number of esters is 2. The number of carbonyl (C=O) groups is 2. The molecule has 3 fully saturated rings. The van der Waals surface area contributed by atoms with E-state index in [0.717, 1.165) is 19.3 Å². The zero-order valence-corrected chi connectivity index (χ0v) is 28.3. The number of carbonyl (C=O) groups excluding carboxylic acids is 2. The van der Waals surface area contributed by atoms with Gasteiger partial charge in [-0.3, -0.25) is 9.59 Å². The second-order valence-corrected chi connectivity index (χ2v) is 14.6. The molecule has 0 aromatic heterocycles. The van der Waals surface area contributed by atoms with Crippen molar-refractivity contribution in [3.63, 3.8) is 0 Å². The number of rotatable bonds is 4. The van der Waals surface area contributed by atoms with Crippen LogP contribution in [0.15, 0.2) is 47.1 Å². The fraction of sp³-hybridized carbons (Fsp3) is 0.730. The molecule has 0 amide bonds. The summed E-state index contributed by atoms with van der Waals surface area (Å²) in [6, 6.07) is 0. The van der Waals surface area contributed by atoms with E-state index in [1.54, 1.807) is 6.08 Å². The Labute approximate surface area is 269 Å². The number of ether oxygens (including phenoxy) is 5. The Kier molecular flexibility index (Phi) is 10.5. The minimum atomic E-state index is -1.73. The molecule has 0 saturated carbocycles. The molecule has 8 nitrogen and oxygen atoms in total. The Balaban J connectivity index is 1.52. The van der Waals surface area contributed by atoms with E-state index in [-0.39, 0.29) is 37.1 Å². The maximum Gasteiger partial charge on any atom is 0.316 e. The van der Waals surface area contributed by atoms with Gasteiger partial charge in [0.15, 0.2) is 11.9 Å². The van der Waals surface area contributed by atoms with Crippen molar-refractivity contribution >= 4 is 11.9 Å². The lowest BCUT2D eigenvalue weighted by Gasteiger charge is -2.50. The molecule has 0 aromatic rings. The van der Waals surface area contributed by atoms with Crippen LogP contribution in [-0.4, -0.2) is 65.6 Å². The highest BCUT2D eigenvalue weighted by atomic mass is 16.7. The van der Waals surface area contributed by atoms with Crippen molar-refractivity contribution < 1.29 is 38.4 Å². The molecule has 45 heavy (non-hydrogen) atoms. The molecule has 0 unspecified atom stereocenters. The molecule has 1 spiro atoms. The van der Waals surface area contributed by atoms with Crippen LogP contribution >= 0.6 is 0 Å². The predicted molar refractivity (Wildman–Crippen MR) is 171 cm³/mol. The van der Waals surface area contributed by atoms with E-state index >= 15 is 0 Å². The summed E-state index contributed by atoms with van der Waals surface area (Å²) in [5.74, 6) is -1.71. The zero-order chi connectivity index (χ0) is 32.5. The van der Waals surface area contributed by atoms with Crippen LogP contribution < -0.4 is 0 Å². The van der Waals surface area contributed by atoms with Crippen LogP contribution in [0.2, 0.25) is 0 Å². The zero-order valence-electron chi connectivity index (χ0n) is 28.3. The van der Waals surface area contributed by atoms with Gasteiger partial charge >= 0.3 is 11.9 Å². The highest BCUT2D eigenvalue weighted by Gasteiger charge is 2.61. The first kappa shape index (κ1) is 34.1. The summed E-state index contributed by atoms with van der Waals surface area (Å²) in [6.45, 7) is 14.8. The lowest BCUT2D eigenvalue weighted by molar-refractivity contribution is -0.340. The smallest absolute Gasteiger partial charge is 0.316 e. The Morgan fingerprint density at radius 1 is 1.18 bits per heavy atom. The molecule has 4 heterocycles. The van der Waals surface area contributed by atoms with Gasteiger partial charge in [0.25, 0.3) is 0 Å². The molecule has 0 aromatic carbocycles. The highest BCUT2D eigenvalue weighted by Crippen LogP contribution is 2.48. The normalized spacial score (nSPS) is 43.8. The molecule has 250 valence electrons. The molecule has 10 atom stereocenters. The molecule has 0 radical (unpaired) electrons. The maximum absolute atomic E-state index is 14.2. The molecule has 1 aliphatic carbocycles. The van der Waals surface area contributed by atoms with Gasteiger partial charge in [0.1, 0.15) is 23.7 Å². The summed E-state index contributed by atoms with van der Waals surface area (Å²) in [7, 11) is 0. The fourth-order valence-electron chi connectivity index (χ4n) is 8.03. The fourth-order valence-corrected chi connectivity index (χ4v) is 8.03. The van der Waals surface area contributed by atoms with Gasteiger partial charge in [0.05, 0.1) is 18.8 Å². The van der Waals surface area contributed by atoms with Gasteiger partial charge in [-0.1, -0.05) is 70.6 Å². The molecule has 3 saturated heterocycles. The third-order valence-corrected chi connectivity index (χ3v) is 10.3. The summed E-state index contributed by atoms with van der Waals surface area (Å²) in [5, 5.41) is 12.5. The van der Waals surface area contributed by atoms with E-state index in [0.29, 0.717) is 48.7 Å². The van der Waals surface area contributed by atoms with Crippen molar-refractivity contribution in [2.75, 3.05) is 6.61 Å². The Morgan fingerprint density at radius 3 is 2.69 bits per heavy atom. The minimum absolute atomic E-state index is 0.0534. The molecular weight excluding hydrogens is 572 g/mol. The van der Waals surface area contributed by atoms with Crippen LogP contribution in [0.4, 0.5) is 0 Å². The van der Waals surface area contributed by atoms with Crippen molar-refractivity contribution in [1.29, 1.82) is 0 Å². The third kappa shape index (κ3) is 7.19. The lowest BCUT2D eigenvalue weighted by atomic mass is 9.70. The van der Waals surface area contributed by atoms with E-state index in [4.69, 9.17) is 23.7 Å². The van der Waals surface area contributed by atoms with Gasteiger partial charge in [-0.2, -0.15) is 0 Å². The topological polar surface area (TPSA) is 101 Å². The number of aliphatic hydroxyl groups is 1. The van der Waals surface area contributed by atoms with E-state index in [1.165, 1.54) is 5.57 Å². The van der Waals surface area contributed by atoms with Gasteiger partial charge in [-0.15, -0.1) is 0 Å². The summed E-state index contributed by atoms with van der Waals surface area (Å²) in [4.78, 5) is 26.8. The first-order chi connectivity index (χ1) is 21.3. The van der Waals surface area contributed by atoms with Crippen molar-refractivity contribution in [3.05, 3.63) is 47.1 Å². The second kappa shape index (κ2) is 13.8. The van der Waals surface area contributed by atoms with Crippen LogP contribution in [0.25, 0.3) is 0 Å². The SMILES string of the molecule is CCCC(=O)O[C@@H]1C(C)=C[C@H]2C(=O)O[C@H]3C[C@@H](C/C=C(\C)C[C@@H](C)/C=C/C=C4\CO[C@H]1[C@@]42O)O[C@@]1(CC[C@H](C)[C@@H](C(C)C)O1)C3. The summed E-state index contributed by atoms with van der Waals surface area (Å²) >= 11 is 0. The molecule has 8 heteroatoms. The monoisotopic (exact) mass is 626 g/mol. The Morgan fingerprint density at radius 2 is 1.96 bits per heavy atom. The van der Waals surface area contributed by atoms with Gasteiger partial charge in [-0.05, 0) is 68.4 Å². The van der Waals surface area contributed by atoms with Gasteiger partial charge in [0, 0.05) is 25.7 Å². The number of hydrogen-bond donors (Lipinski definition) is 1. The lowest BCUT2D eigenvalue weighted by Crippen LogP contribution is -2.59. The molecule has 1 N–H and O–H groups in total. The average Bonchev–Trinajstić information content (AvgIpc) is 3.30. The highest BCUT2D eigenvalue weighted by molar-refractivity contribution is 5.79. The second-order valence-electron chi connectivity index (χ2n) is 14.6. The van der Waals surface area contributed by atoms with Gasteiger partial charge in [0.2, 0.25) is 0 Å². The van der Waals surface area contributed by atoms with Crippen LogP contribution in [-0.2, 0) is 33.3 Å². The quantitative estimate of drug-likeness (QED) is 0.278. The minimum Gasteiger partial charge on any atom is -0.462 e. The van der Waals surface area contributed by atoms with Crippen LogP contribution in [0.3, 0.4) is 0 Å². The molecule has 5 rings (SSSR count). The number of allylic oxidation sites excluding steroid dienone is 4. The largest absolute Gasteiger partial charge is 0.462 e. The van der Waals surface area contributed by atoms with E-state index in [1.807, 2.05) is 26.0 Å². The van der Waals surface area contributed by atoms with E-state index in [2.05, 4.69) is 46.8 Å². The summed E-state index contributed by atoms with van der Waals surface area (Å²) in [5.41, 5.74) is 0.788. The summed E-state index contributed by atoms with van der Waals surface area (Å²) < 4.78 is 31.9. The molecule has 5 aliphatic rings. The van der Waals surface area contributed by atoms with Crippen molar-refractivity contribution in [2.45, 2.75) is 142 Å². The van der Waals surface area contributed by atoms with E-state index in [9.17, 15) is 14.7 Å². The number of fused-ring (bicyclic) bond motifs is 2. The molecule has 2 bridgehead atoms. The van der Waals surface area contributed by atoms with Crippen LogP contribution in [0.1, 0.15) is 99.8 Å². The van der Waals surface area contributed by atoms with Crippen molar-refractivity contribution in [2.24, 2.45) is 23.7 Å². The first-order valence-electron chi connectivity index (χ1n) is 17.2. The van der Waals surface area contributed by atoms with Crippen LogP contribution in [0.5, 0.6) is 0 Å².